The van der Waals surface area contributed by atoms with Crippen molar-refractivity contribution in [1.29, 1.82) is 0 Å². The lowest BCUT2D eigenvalue weighted by Crippen LogP contribution is -2.19. The number of amides is 1. The number of nitrogens with two attached hydrogens (primary N) is 1. The number of halogens is 1. The fourth-order valence-electron chi connectivity index (χ4n) is 2.10. The van der Waals surface area contributed by atoms with Gasteiger partial charge in [0.15, 0.2) is 6.61 Å². The van der Waals surface area contributed by atoms with Gasteiger partial charge < -0.3 is 15.0 Å². The number of fused-ring (bicyclic) bond motifs is 1. The second kappa shape index (κ2) is 4.45. The van der Waals surface area contributed by atoms with Crippen molar-refractivity contribution in [3.05, 3.63) is 28.0 Å². The maximum absolute atomic E-state index is 10.7. The smallest absolute Gasteiger partial charge is 0.255 e. The fourth-order valence-corrected chi connectivity index (χ4v) is 2.41. The van der Waals surface area contributed by atoms with E-state index in [0.717, 1.165) is 34.8 Å². The van der Waals surface area contributed by atoms with Gasteiger partial charge in [0.05, 0.1) is 10.7 Å². The number of hydrogen-bond acceptors (Lipinski definition) is 2. The highest BCUT2D eigenvalue weighted by Gasteiger charge is 2.23. The van der Waals surface area contributed by atoms with Gasteiger partial charge in [0.1, 0.15) is 5.76 Å². The Balaban J connectivity index is 2.37. The highest BCUT2D eigenvalue weighted by Crippen LogP contribution is 2.35. The Morgan fingerprint density at radius 2 is 2.35 bits per heavy atom. The molecule has 92 valence electrons. The third-order valence-corrected chi connectivity index (χ3v) is 3.54. The van der Waals surface area contributed by atoms with Crippen molar-refractivity contribution in [2.45, 2.75) is 19.8 Å². The third-order valence-electron chi connectivity index (χ3n) is 3.03. The van der Waals surface area contributed by atoms with Crippen molar-refractivity contribution in [3.8, 4) is 0 Å². The van der Waals surface area contributed by atoms with Gasteiger partial charge in [0, 0.05) is 18.3 Å². The van der Waals surface area contributed by atoms with Crippen LogP contribution in [-0.4, -0.2) is 17.1 Å². The summed E-state index contributed by atoms with van der Waals surface area (Å²) in [6.45, 7) is 1.86. The van der Waals surface area contributed by atoms with Crippen molar-refractivity contribution >= 4 is 23.3 Å². The molecule has 0 fully saturated rings. The van der Waals surface area contributed by atoms with Gasteiger partial charge in [-0.25, -0.2) is 0 Å². The van der Waals surface area contributed by atoms with E-state index in [1.165, 1.54) is 0 Å². The van der Waals surface area contributed by atoms with Crippen molar-refractivity contribution in [2.24, 2.45) is 12.8 Å². The molecule has 0 saturated carbocycles. The first-order chi connectivity index (χ1) is 8.02. The predicted molar refractivity (Wildman–Crippen MR) is 66.6 cm³/mol. The first-order valence-corrected chi connectivity index (χ1v) is 5.85. The van der Waals surface area contributed by atoms with E-state index >= 15 is 0 Å². The summed E-state index contributed by atoms with van der Waals surface area (Å²) in [7, 11) is 1.94. The maximum Gasteiger partial charge on any atom is 0.255 e. The van der Waals surface area contributed by atoms with Crippen LogP contribution in [0.1, 0.15) is 23.4 Å². The zero-order chi connectivity index (χ0) is 12.6. The minimum Gasteiger partial charge on any atom is -0.482 e. The van der Waals surface area contributed by atoms with E-state index in [0.29, 0.717) is 5.76 Å². The summed E-state index contributed by atoms with van der Waals surface area (Å²) in [6.07, 6.45) is 3.74. The van der Waals surface area contributed by atoms with Crippen LogP contribution in [-0.2, 0) is 23.0 Å². The molecule has 0 atom stereocenters. The van der Waals surface area contributed by atoms with Crippen LogP contribution in [0.15, 0.2) is 6.08 Å². The first kappa shape index (κ1) is 12.0. The van der Waals surface area contributed by atoms with Crippen molar-refractivity contribution in [3.63, 3.8) is 0 Å². The van der Waals surface area contributed by atoms with E-state index < -0.39 is 5.91 Å². The number of allylic oxidation sites excluding steroid dienone is 1. The molecule has 0 aromatic carbocycles. The normalized spacial score (nSPS) is 14.2. The molecule has 4 nitrogen and oxygen atoms in total. The number of hydrogen-bond donors (Lipinski definition) is 1. The molecule has 1 aromatic heterocycles. The number of aromatic nitrogens is 1. The minimum absolute atomic E-state index is 0.104. The molecule has 1 aliphatic carbocycles. The molecule has 1 heterocycles. The van der Waals surface area contributed by atoms with Gasteiger partial charge in [-0.1, -0.05) is 11.6 Å². The molecule has 0 saturated heterocycles. The van der Waals surface area contributed by atoms with Gasteiger partial charge in [0.25, 0.3) is 5.91 Å². The number of ether oxygens (including phenoxy) is 1. The van der Waals surface area contributed by atoms with Crippen molar-refractivity contribution in [1.82, 2.24) is 4.57 Å². The Bertz CT molecular complexity index is 503. The molecule has 2 N–H and O–H groups in total. The molecule has 17 heavy (non-hydrogen) atoms. The van der Waals surface area contributed by atoms with Crippen LogP contribution >= 0.6 is 11.6 Å². The summed E-state index contributed by atoms with van der Waals surface area (Å²) in [5.74, 6) is 0.220. The molecule has 0 spiro atoms. The summed E-state index contributed by atoms with van der Waals surface area (Å²) < 4.78 is 7.42. The van der Waals surface area contributed by atoms with Crippen LogP contribution < -0.4 is 5.73 Å². The molecule has 1 aliphatic rings. The average Bonchev–Trinajstić information content (AvgIpc) is 2.52. The van der Waals surface area contributed by atoms with E-state index in [9.17, 15) is 4.79 Å². The molecule has 0 aliphatic heterocycles. The van der Waals surface area contributed by atoms with E-state index in [1.54, 1.807) is 0 Å². The zero-order valence-electron chi connectivity index (χ0n) is 9.92. The minimum atomic E-state index is -0.477. The molecule has 0 radical (unpaired) electrons. The van der Waals surface area contributed by atoms with Crippen LogP contribution in [0.2, 0.25) is 5.02 Å². The number of rotatable bonds is 3. The van der Waals surface area contributed by atoms with E-state index in [4.69, 9.17) is 22.1 Å². The molecular weight excluding hydrogens is 240 g/mol. The molecule has 0 bridgehead atoms. The van der Waals surface area contributed by atoms with Crippen molar-refractivity contribution in [2.75, 3.05) is 6.61 Å². The second-order valence-corrected chi connectivity index (χ2v) is 4.53. The SMILES string of the molecule is Cc1c(Cl)c2c(n1C)C(OCC(N)=O)=CCC2. The summed E-state index contributed by atoms with van der Waals surface area (Å²) in [5, 5.41) is 0.788. The second-order valence-electron chi connectivity index (χ2n) is 4.15. The average molecular weight is 255 g/mol. The maximum atomic E-state index is 10.7. The van der Waals surface area contributed by atoms with Gasteiger partial charge >= 0.3 is 0 Å². The Kier molecular flexibility index (Phi) is 3.15. The summed E-state index contributed by atoms with van der Waals surface area (Å²) in [4.78, 5) is 10.7. The van der Waals surface area contributed by atoms with Crippen LogP contribution in [0.4, 0.5) is 0 Å². The first-order valence-electron chi connectivity index (χ1n) is 5.47. The number of carbonyl (C=O) groups is 1. The summed E-state index contributed by atoms with van der Waals surface area (Å²) >= 11 is 6.26. The van der Waals surface area contributed by atoms with Gasteiger partial charge in [-0.3, -0.25) is 4.79 Å². The Hall–Kier alpha value is -1.42. The van der Waals surface area contributed by atoms with Gasteiger partial charge in [-0.15, -0.1) is 0 Å². The largest absolute Gasteiger partial charge is 0.482 e. The summed E-state index contributed by atoms with van der Waals surface area (Å²) in [5.41, 5.74) is 8.14. The van der Waals surface area contributed by atoms with Gasteiger partial charge in [-0.05, 0) is 25.8 Å². The Morgan fingerprint density at radius 1 is 1.65 bits per heavy atom. The zero-order valence-corrected chi connectivity index (χ0v) is 10.7. The van der Waals surface area contributed by atoms with Crippen LogP contribution in [0, 0.1) is 6.92 Å². The van der Waals surface area contributed by atoms with Crippen LogP contribution in [0.5, 0.6) is 0 Å². The fraction of sp³-hybridized carbons (Fsp3) is 0.417. The highest BCUT2D eigenvalue weighted by atomic mass is 35.5. The van der Waals surface area contributed by atoms with E-state index in [1.807, 2.05) is 24.6 Å². The van der Waals surface area contributed by atoms with Gasteiger partial charge in [-0.2, -0.15) is 0 Å². The van der Waals surface area contributed by atoms with Crippen LogP contribution in [0.25, 0.3) is 5.76 Å². The standard InChI is InChI=1S/C12H15ClN2O2/c1-7-11(13)8-4-3-5-9(12(8)15(7)2)17-6-10(14)16/h5H,3-4,6H2,1-2H3,(H2,14,16). The Morgan fingerprint density at radius 3 is 3.00 bits per heavy atom. The van der Waals surface area contributed by atoms with Crippen LogP contribution in [0.3, 0.4) is 0 Å². The van der Waals surface area contributed by atoms with Gasteiger partial charge in [0.2, 0.25) is 0 Å². The molecule has 1 aromatic rings. The number of primary amides is 1. The topological polar surface area (TPSA) is 57.2 Å². The Labute approximate surface area is 105 Å². The van der Waals surface area contributed by atoms with E-state index in [-0.39, 0.29) is 6.61 Å². The molecule has 5 heteroatoms. The lowest BCUT2D eigenvalue weighted by molar-refractivity contribution is -0.120. The third kappa shape index (κ3) is 2.05. The molecule has 0 unspecified atom stereocenters. The van der Waals surface area contributed by atoms with Crippen molar-refractivity contribution < 1.29 is 9.53 Å². The summed E-state index contributed by atoms with van der Waals surface area (Å²) in [6, 6.07) is 0. The van der Waals surface area contributed by atoms with E-state index in [2.05, 4.69) is 0 Å². The lowest BCUT2D eigenvalue weighted by atomic mass is 10.0. The molecule has 2 rings (SSSR count). The predicted octanol–water partition coefficient (Wildman–Crippen LogP) is 1.78. The molecule has 1 amide bonds. The molecular formula is C12H15ClN2O2. The number of nitrogens with zero attached hydrogens (tertiary/aromatic N) is 1. The quantitative estimate of drug-likeness (QED) is 0.894. The highest BCUT2D eigenvalue weighted by molar-refractivity contribution is 6.32. The number of carbonyl (C=O) groups excluding carboxylic acids is 1. The lowest BCUT2D eigenvalue weighted by Gasteiger charge is -2.16. The monoisotopic (exact) mass is 254 g/mol.